The average molecular weight is 361 g/mol. The number of nitrogens with one attached hydrogen (secondary N) is 3. The van der Waals surface area contributed by atoms with Gasteiger partial charge in [0.15, 0.2) is 0 Å². The minimum absolute atomic E-state index is 0.151. The number of carbonyl (C=O) groups excluding carboxylic acids is 2. The third-order valence-corrected chi connectivity index (χ3v) is 4.25. The molecule has 0 aliphatic carbocycles. The molecule has 0 spiro atoms. The third kappa shape index (κ3) is 7.71. The van der Waals surface area contributed by atoms with E-state index in [1.807, 2.05) is 30.3 Å². The van der Waals surface area contributed by atoms with Crippen molar-refractivity contribution in [3.05, 3.63) is 60.4 Å². The normalized spacial score (nSPS) is 10.1. The van der Waals surface area contributed by atoms with E-state index >= 15 is 0 Å². The number of amides is 3. The van der Waals surface area contributed by atoms with Crippen LogP contribution in [0.4, 0.5) is 14.9 Å². The van der Waals surface area contributed by atoms with E-state index in [-0.39, 0.29) is 24.3 Å². The van der Waals surface area contributed by atoms with Crippen LogP contribution in [0.15, 0.2) is 59.5 Å². The van der Waals surface area contributed by atoms with E-state index < -0.39 is 0 Å². The lowest BCUT2D eigenvalue weighted by atomic mass is 10.3. The molecule has 0 saturated carbocycles. The second-order valence-electron chi connectivity index (χ2n) is 5.18. The highest BCUT2D eigenvalue weighted by Gasteiger charge is 2.05. The molecule has 3 amide bonds. The topological polar surface area (TPSA) is 70.2 Å². The Kier molecular flexibility index (Phi) is 7.78. The van der Waals surface area contributed by atoms with Crippen LogP contribution < -0.4 is 16.0 Å². The molecule has 2 aromatic carbocycles. The van der Waals surface area contributed by atoms with Crippen molar-refractivity contribution in [3.8, 4) is 0 Å². The summed E-state index contributed by atoms with van der Waals surface area (Å²) in [6, 6.07) is 15.1. The van der Waals surface area contributed by atoms with Crippen molar-refractivity contribution in [2.24, 2.45) is 0 Å². The lowest BCUT2D eigenvalue weighted by molar-refractivity contribution is -0.115. The van der Waals surface area contributed by atoms with Crippen LogP contribution >= 0.6 is 11.8 Å². The van der Waals surface area contributed by atoms with Gasteiger partial charge in [-0.25, -0.2) is 9.18 Å². The molecule has 0 radical (unpaired) electrons. The number of anilines is 1. The van der Waals surface area contributed by atoms with Crippen molar-refractivity contribution in [3.63, 3.8) is 0 Å². The van der Waals surface area contributed by atoms with Crippen molar-refractivity contribution in [1.82, 2.24) is 10.6 Å². The maximum absolute atomic E-state index is 12.8. The molecule has 3 N–H and O–H groups in total. The van der Waals surface area contributed by atoms with Gasteiger partial charge in [-0.2, -0.15) is 0 Å². The molecule has 7 heteroatoms. The molecule has 0 bridgehead atoms. The number of thioether (sulfide) groups is 1. The predicted molar refractivity (Wildman–Crippen MR) is 98.2 cm³/mol. The van der Waals surface area contributed by atoms with Gasteiger partial charge in [-0.15, -0.1) is 11.8 Å². The fraction of sp³-hybridized carbons (Fsp3) is 0.222. The van der Waals surface area contributed by atoms with Gasteiger partial charge in [0.2, 0.25) is 5.91 Å². The smallest absolute Gasteiger partial charge is 0.315 e. The molecule has 0 fully saturated rings. The fourth-order valence-corrected chi connectivity index (χ4v) is 2.82. The molecular weight excluding hydrogens is 341 g/mol. The summed E-state index contributed by atoms with van der Waals surface area (Å²) < 4.78 is 12.8. The Morgan fingerprint density at radius 3 is 2.40 bits per heavy atom. The van der Waals surface area contributed by atoms with Crippen LogP contribution in [0.1, 0.15) is 6.42 Å². The molecule has 0 atom stereocenters. The Hall–Kier alpha value is -2.54. The van der Waals surface area contributed by atoms with E-state index in [1.165, 1.54) is 29.2 Å². The Balaban J connectivity index is 1.54. The Morgan fingerprint density at radius 2 is 1.68 bits per heavy atom. The molecule has 2 aromatic rings. The summed E-state index contributed by atoms with van der Waals surface area (Å²) in [5.74, 6) is 0.150. The molecule has 0 aliphatic rings. The molecule has 0 unspecified atom stereocenters. The second-order valence-corrected chi connectivity index (χ2v) is 6.35. The highest BCUT2D eigenvalue weighted by atomic mass is 32.2. The van der Waals surface area contributed by atoms with Gasteiger partial charge < -0.3 is 16.0 Å². The quantitative estimate of drug-likeness (QED) is 0.499. The third-order valence-electron chi connectivity index (χ3n) is 3.16. The number of hydrogen-bond donors (Lipinski definition) is 3. The summed E-state index contributed by atoms with van der Waals surface area (Å²) in [5, 5.41) is 7.75. The van der Waals surface area contributed by atoms with E-state index in [4.69, 9.17) is 0 Å². The molecule has 0 aliphatic heterocycles. The van der Waals surface area contributed by atoms with Crippen LogP contribution in [0.5, 0.6) is 0 Å². The van der Waals surface area contributed by atoms with Crippen LogP contribution in [-0.2, 0) is 4.79 Å². The van der Waals surface area contributed by atoms with Crippen LogP contribution in [-0.4, -0.2) is 30.8 Å². The highest BCUT2D eigenvalue weighted by Crippen LogP contribution is 2.17. The standard InChI is InChI=1S/C18H20FN3O2S/c19-14-7-9-15(10-8-14)22-17(23)13-21-18(24)20-11-4-12-25-16-5-2-1-3-6-16/h1-3,5-10H,4,11-13H2,(H,22,23)(H2,20,21,24). The minimum Gasteiger partial charge on any atom is -0.338 e. The molecular formula is C18H20FN3O2S. The second kappa shape index (κ2) is 10.4. The number of urea groups is 1. The van der Waals surface area contributed by atoms with Crippen molar-refractivity contribution in [1.29, 1.82) is 0 Å². The number of hydrogen-bond acceptors (Lipinski definition) is 3. The minimum atomic E-state index is -0.390. The molecule has 0 saturated heterocycles. The van der Waals surface area contributed by atoms with Crippen LogP contribution in [0, 0.1) is 5.82 Å². The summed E-state index contributed by atoms with van der Waals surface area (Å²) in [7, 11) is 0. The molecule has 2 rings (SSSR count). The molecule has 25 heavy (non-hydrogen) atoms. The monoisotopic (exact) mass is 361 g/mol. The number of carbonyl (C=O) groups is 2. The van der Waals surface area contributed by atoms with Crippen molar-refractivity contribution in [2.75, 3.05) is 24.2 Å². The van der Waals surface area contributed by atoms with Crippen LogP contribution in [0.3, 0.4) is 0 Å². The van der Waals surface area contributed by atoms with Crippen molar-refractivity contribution < 1.29 is 14.0 Å². The van der Waals surface area contributed by atoms with E-state index in [9.17, 15) is 14.0 Å². The first-order valence-electron chi connectivity index (χ1n) is 7.88. The number of rotatable bonds is 8. The highest BCUT2D eigenvalue weighted by molar-refractivity contribution is 7.99. The van der Waals surface area contributed by atoms with Gasteiger partial charge in [0.1, 0.15) is 5.82 Å². The fourth-order valence-electron chi connectivity index (χ4n) is 1.94. The summed E-state index contributed by atoms with van der Waals surface area (Å²) >= 11 is 1.73. The summed E-state index contributed by atoms with van der Waals surface area (Å²) in [5.41, 5.74) is 0.478. The van der Waals surface area contributed by atoms with Gasteiger partial charge in [0.25, 0.3) is 0 Å². The van der Waals surface area contributed by atoms with Gasteiger partial charge in [-0.1, -0.05) is 18.2 Å². The maximum atomic E-state index is 12.8. The van der Waals surface area contributed by atoms with Gasteiger partial charge >= 0.3 is 6.03 Å². The van der Waals surface area contributed by atoms with Gasteiger partial charge in [-0.05, 0) is 48.6 Å². The van der Waals surface area contributed by atoms with Crippen molar-refractivity contribution in [2.45, 2.75) is 11.3 Å². The number of halogens is 1. The van der Waals surface area contributed by atoms with E-state index in [1.54, 1.807) is 11.8 Å². The Morgan fingerprint density at radius 1 is 0.960 bits per heavy atom. The first-order valence-corrected chi connectivity index (χ1v) is 8.87. The van der Waals surface area contributed by atoms with Gasteiger partial charge in [0.05, 0.1) is 6.54 Å². The zero-order chi connectivity index (χ0) is 17.9. The van der Waals surface area contributed by atoms with Crippen LogP contribution in [0.25, 0.3) is 0 Å². The first-order chi connectivity index (χ1) is 12.1. The molecule has 0 heterocycles. The average Bonchev–Trinajstić information content (AvgIpc) is 2.62. The number of benzene rings is 2. The van der Waals surface area contributed by atoms with Gasteiger partial charge in [0, 0.05) is 17.1 Å². The largest absolute Gasteiger partial charge is 0.338 e. The van der Waals surface area contributed by atoms with Crippen LogP contribution in [0.2, 0.25) is 0 Å². The van der Waals surface area contributed by atoms with Crippen molar-refractivity contribution >= 4 is 29.4 Å². The molecule has 132 valence electrons. The lowest BCUT2D eigenvalue weighted by Gasteiger charge is -2.08. The van der Waals surface area contributed by atoms with Gasteiger partial charge in [-0.3, -0.25) is 4.79 Å². The SMILES string of the molecule is O=C(CNC(=O)NCCCSc1ccccc1)Nc1ccc(F)cc1. The van der Waals surface area contributed by atoms with E-state index in [0.717, 1.165) is 12.2 Å². The lowest BCUT2D eigenvalue weighted by Crippen LogP contribution is -2.40. The predicted octanol–water partition coefficient (Wildman–Crippen LogP) is 3.25. The molecule has 0 aromatic heterocycles. The molecule has 5 nitrogen and oxygen atoms in total. The first kappa shape index (κ1) is 18.8. The van der Waals surface area contributed by atoms with E-state index in [0.29, 0.717) is 12.2 Å². The zero-order valence-corrected chi connectivity index (χ0v) is 14.4. The Bertz CT molecular complexity index is 680. The van der Waals surface area contributed by atoms with E-state index in [2.05, 4.69) is 16.0 Å². The Labute approximate surface area is 150 Å². The summed E-state index contributed by atoms with van der Waals surface area (Å²) in [6.45, 7) is 0.382. The zero-order valence-electron chi connectivity index (χ0n) is 13.6. The summed E-state index contributed by atoms with van der Waals surface area (Å²) in [6.07, 6.45) is 0.828. The maximum Gasteiger partial charge on any atom is 0.315 e. The summed E-state index contributed by atoms with van der Waals surface area (Å²) in [4.78, 5) is 24.5.